The van der Waals surface area contributed by atoms with Gasteiger partial charge in [-0.1, -0.05) is 23.0 Å². The van der Waals surface area contributed by atoms with E-state index in [1.165, 1.54) is 0 Å². The minimum Gasteiger partial charge on any atom is -0.345 e. The Kier molecular flexibility index (Phi) is 6.00. The molecular formula is C14H16N3O+. The van der Waals surface area contributed by atoms with Crippen LogP contribution in [0.1, 0.15) is 13.3 Å². The summed E-state index contributed by atoms with van der Waals surface area (Å²) in [6.07, 6.45) is 1.25. The van der Waals surface area contributed by atoms with Gasteiger partial charge in [0.2, 0.25) is 0 Å². The van der Waals surface area contributed by atoms with Gasteiger partial charge in [-0.05, 0) is 19.1 Å². The van der Waals surface area contributed by atoms with Crippen LogP contribution in [-0.2, 0) is 4.79 Å². The van der Waals surface area contributed by atoms with Crippen molar-refractivity contribution in [3.63, 3.8) is 0 Å². The summed E-state index contributed by atoms with van der Waals surface area (Å²) in [7, 11) is 0. The maximum atomic E-state index is 10.7. The molecule has 4 nitrogen and oxygen atoms in total. The van der Waals surface area contributed by atoms with Gasteiger partial charge in [-0.25, -0.2) is 0 Å². The molecule has 0 aliphatic heterocycles. The highest BCUT2D eigenvalue weighted by atomic mass is 16.1. The van der Waals surface area contributed by atoms with Crippen molar-refractivity contribution < 1.29 is 4.79 Å². The van der Waals surface area contributed by atoms with Crippen molar-refractivity contribution in [3.05, 3.63) is 35.2 Å². The minimum absolute atomic E-state index is 0.101. The highest BCUT2D eigenvalue weighted by Crippen LogP contribution is 2.15. The lowest BCUT2D eigenvalue weighted by Crippen LogP contribution is -2.33. The third kappa shape index (κ3) is 4.27. The fourth-order valence-electron chi connectivity index (χ4n) is 1.56. The normalized spacial score (nSPS) is 10.7. The second kappa shape index (κ2) is 7.86. The summed E-state index contributed by atoms with van der Waals surface area (Å²) in [5, 5.41) is 8.41. The SMILES string of the molecule is CC(C#[N+]CCC#N)N(CC=O)c1ccccc1. The van der Waals surface area contributed by atoms with E-state index in [1.807, 2.05) is 48.2 Å². The first-order valence-electron chi connectivity index (χ1n) is 5.84. The molecule has 0 radical (unpaired) electrons. The molecule has 92 valence electrons. The molecule has 4 heteroatoms. The minimum atomic E-state index is -0.101. The molecule has 0 aliphatic rings. The van der Waals surface area contributed by atoms with Crippen LogP contribution in [0.15, 0.2) is 30.3 Å². The lowest BCUT2D eigenvalue weighted by molar-refractivity contribution is -0.106. The van der Waals surface area contributed by atoms with Crippen LogP contribution in [0, 0.1) is 17.4 Å². The Hall–Kier alpha value is -2.33. The Balaban J connectivity index is 2.75. The molecule has 0 N–H and O–H groups in total. The fraction of sp³-hybridized carbons (Fsp3) is 0.357. The van der Waals surface area contributed by atoms with E-state index < -0.39 is 0 Å². The summed E-state index contributed by atoms with van der Waals surface area (Å²) in [5.41, 5.74) is 0.958. The van der Waals surface area contributed by atoms with Crippen molar-refractivity contribution in [2.45, 2.75) is 19.4 Å². The molecule has 1 rings (SSSR count). The van der Waals surface area contributed by atoms with Crippen LogP contribution in [0.3, 0.4) is 0 Å². The van der Waals surface area contributed by atoms with Gasteiger partial charge in [0.05, 0.1) is 12.6 Å². The largest absolute Gasteiger partial charge is 0.345 e. The van der Waals surface area contributed by atoms with Crippen molar-refractivity contribution in [1.82, 2.24) is 0 Å². The zero-order chi connectivity index (χ0) is 13.2. The molecule has 0 spiro atoms. The van der Waals surface area contributed by atoms with Gasteiger partial charge in [0.1, 0.15) is 12.7 Å². The topological polar surface area (TPSA) is 48.5 Å². The lowest BCUT2D eigenvalue weighted by Gasteiger charge is -2.22. The van der Waals surface area contributed by atoms with E-state index in [2.05, 4.69) is 10.9 Å². The van der Waals surface area contributed by atoms with Gasteiger partial charge in [0.15, 0.2) is 6.04 Å². The number of carbonyl (C=O) groups is 1. The van der Waals surface area contributed by atoms with Crippen molar-refractivity contribution >= 4 is 12.0 Å². The molecule has 1 aromatic carbocycles. The van der Waals surface area contributed by atoms with Crippen LogP contribution < -0.4 is 4.90 Å². The van der Waals surface area contributed by atoms with Gasteiger partial charge in [0, 0.05) is 5.69 Å². The number of rotatable bonds is 5. The van der Waals surface area contributed by atoms with Gasteiger partial charge in [-0.3, -0.25) is 0 Å². The summed E-state index contributed by atoms with van der Waals surface area (Å²) in [6, 6.07) is 14.5. The molecule has 0 fully saturated rings. The number of nitrogens with zero attached hydrogens (tertiary/aromatic N) is 3. The van der Waals surface area contributed by atoms with E-state index >= 15 is 0 Å². The second-order valence-electron chi connectivity index (χ2n) is 3.75. The van der Waals surface area contributed by atoms with Crippen LogP contribution in [0.2, 0.25) is 0 Å². The predicted octanol–water partition coefficient (Wildman–Crippen LogP) is 2.33. The maximum Gasteiger partial charge on any atom is 0.297 e. The average Bonchev–Trinajstić information content (AvgIpc) is 2.41. The summed E-state index contributed by atoms with van der Waals surface area (Å²) in [4.78, 5) is 16.7. The molecule has 0 saturated heterocycles. The van der Waals surface area contributed by atoms with Crippen LogP contribution in [0.4, 0.5) is 5.69 Å². The van der Waals surface area contributed by atoms with Crippen LogP contribution >= 0.6 is 0 Å². The fourth-order valence-corrected chi connectivity index (χ4v) is 1.56. The molecule has 0 aliphatic carbocycles. The number of hydrogen-bond acceptors (Lipinski definition) is 3. The smallest absolute Gasteiger partial charge is 0.297 e. The first kappa shape index (κ1) is 13.7. The number of benzene rings is 1. The summed E-state index contributed by atoms with van der Waals surface area (Å²) in [5.74, 6) is 0. The summed E-state index contributed by atoms with van der Waals surface area (Å²) >= 11 is 0. The monoisotopic (exact) mass is 242 g/mol. The van der Waals surface area contributed by atoms with Gasteiger partial charge in [-0.15, -0.1) is 0 Å². The van der Waals surface area contributed by atoms with Crippen LogP contribution in [-0.4, -0.2) is 25.4 Å². The number of aldehydes is 1. The summed E-state index contributed by atoms with van der Waals surface area (Å²) < 4.78 is 0. The van der Waals surface area contributed by atoms with Gasteiger partial charge in [0.25, 0.3) is 12.6 Å². The molecule has 0 saturated carbocycles. The van der Waals surface area contributed by atoms with Gasteiger partial charge < -0.3 is 9.69 Å². The maximum absolute atomic E-state index is 10.7. The molecule has 0 heterocycles. The lowest BCUT2D eigenvalue weighted by atomic mass is 10.2. The number of anilines is 1. The zero-order valence-electron chi connectivity index (χ0n) is 10.4. The average molecular weight is 242 g/mol. The first-order chi connectivity index (χ1) is 8.79. The van der Waals surface area contributed by atoms with Crippen molar-refractivity contribution in [1.29, 1.82) is 5.26 Å². The Bertz CT molecular complexity index is 467. The van der Waals surface area contributed by atoms with Crippen LogP contribution in [0.25, 0.3) is 4.85 Å². The third-order valence-electron chi connectivity index (χ3n) is 2.44. The van der Waals surface area contributed by atoms with E-state index in [0.29, 0.717) is 19.5 Å². The predicted molar refractivity (Wildman–Crippen MR) is 71.7 cm³/mol. The van der Waals surface area contributed by atoms with E-state index in [4.69, 9.17) is 5.26 Å². The van der Waals surface area contributed by atoms with Crippen LogP contribution in [0.5, 0.6) is 0 Å². The van der Waals surface area contributed by atoms with Crippen molar-refractivity contribution in [2.24, 2.45) is 0 Å². The molecule has 0 aromatic heterocycles. The molecular weight excluding hydrogens is 226 g/mol. The highest BCUT2D eigenvalue weighted by molar-refractivity contribution is 5.62. The Morgan fingerprint density at radius 3 is 2.78 bits per heavy atom. The highest BCUT2D eigenvalue weighted by Gasteiger charge is 2.16. The van der Waals surface area contributed by atoms with E-state index in [0.717, 1.165) is 12.0 Å². The third-order valence-corrected chi connectivity index (χ3v) is 2.44. The molecule has 0 bridgehead atoms. The number of hydrogen-bond donors (Lipinski definition) is 0. The summed E-state index contributed by atoms with van der Waals surface area (Å²) in [6.45, 7) is 2.67. The van der Waals surface area contributed by atoms with Crippen molar-refractivity contribution in [3.8, 4) is 12.1 Å². The number of nitriles is 1. The zero-order valence-corrected chi connectivity index (χ0v) is 10.4. The molecule has 1 atom stereocenters. The Morgan fingerprint density at radius 1 is 1.44 bits per heavy atom. The number of carbonyl (C=O) groups excluding carboxylic acids is 1. The first-order valence-corrected chi connectivity index (χ1v) is 5.84. The molecule has 1 unspecified atom stereocenters. The quantitative estimate of drug-likeness (QED) is 0.588. The Labute approximate surface area is 107 Å². The standard InChI is InChI=1S/C14H16N3O/c1-13(12-16-9-5-8-15)17(10-11-18)14-6-3-2-4-7-14/h2-4,6-7,11,13H,5,9-10H2,1H3/q+1. The van der Waals surface area contributed by atoms with Crippen molar-refractivity contribution in [2.75, 3.05) is 18.0 Å². The van der Waals surface area contributed by atoms with E-state index in [9.17, 15) is 4.79 Å². The molecule has 18 heavy (non-hydrogen) atoms. The van der Waals surface area contributed by atoms with Gasteiger partial charge >= 0.3 is 0 Å². The molecule has 0 amide bonds. The van der Waals surface area contributed by atoms with Gasteiger partial charge in [-0.2, -0.15) is 5.26 Å². The Morgan fingerprint density at radius 2 is 2.17 bits per heavy atom. The number of para-hydroxylation sites is 1. The second-order valence-corrected chi connectivity index (χ2v) is 3.75. The van der Waals surface area contributed by atoms with E-state index in [-0.39, 0.29) is 6.04 Å². The molecule has 1 aromatic rings. The van der Waals surface area contributed by atoms with E-state index in [1.54, 1.807) is 0 Å².